The summed E-state index contributed by atoms with van der Waals surface area (Å²) in [4.78, 5) is 16.0. The highest BCUT2D eigenvalue weighted by Crippen LogP contribution is 2.38. The van der Waals surface area contributed by atoms with Crippen LogP contribution < -0.4 is 14.8 Å². The molecule has 0 unspecified atom stereocenters. The van der Waals surface area contributed by atoms with E-state index in [0.29, 0.717) is 44.7 Å². The topological polar surface area (TPSA) is 73.6 Å². The normalized spacial score (nSPS) is 10.7. The molecule has 0 fully saturated rings. The number of nitrogens with one attached hydrogen (secondary N) is 1. The highest BCUT2D eigenvalue weighted by atomic mass is 35.5. The second kappa shape index (κ2) is 6.41. The Labute approximate surface area is 143 Å². The number of halogens is 1. The zero-order valence-corrected chi connectivity index (χ0v) is 14.1. The molecule has 3 aromatic rings. The van der Waals surface area contributed by atoms with Crippen LogP contribution in [0.1, 0.15) is 16.1 Å². The molecule has 0 aliphatic heterocycles. The average Bonchev–Trinajstić information content (AvgIpc) is 2.88. The first-order valence-corrected chi connectivity index (χ1v) is 7.54. The van der Waals surface area contributed by atoms with Crippen molar-refractivity contribution in [2.75, 3.05) is 14.2 Å². The molecular weight excluding hydrogens is 332 g/mol. The first-order valence-electron chi connectivity index (χ1n) is 7.16. The Morgan fingerprint density at radius 1 is 1.29 bits per heavy atom. The van der Waals surface area contributed by atoms with Crippen molar-refractivity contribution >= 4 is 28.5 Å². The molecule has 2 aromatic heterocycles. The minimum Gasteiger partial charge on any atom is -0.493 e. The summed E-state index contributed by atoms with van der Waals surface area (Å²) in [6.45, 7) is 1.74. The summed E-state index contributed by atoms with van der Waals surface area (Å²) in [6, 6.07) is 6.67. The van der Waals surface area contributed by atoms with Gasteiger partial charge in [-0.2, -0.15) is 0 Å². The van der Waals surface area contributed by atoms with Crippen molar-refractivity contribution in [2.45, 2.75) is 6.92 Å². The molecule has 3 rings (SSSR count). The maximum atomic E-state index is 12.1. The SMILES string of the molecule is CNC(=O)c1c(C)oc2cc(Oc3ccnc(Cl)c3)c(OC)cc12. The van der Waals surface area contributed by atoms with Crippen molar-refractivity contribution in [3.63, 3.8) is 0 Å². The van der Waals surface area contributed by atoms with Crippen molar-refractivity contribution in [3.8, 4) is 17.2 Å². The molecule has 0 saturated heterocycles. The minimum atomic E-state index is -0.220. The van der Waals surface area contributed by atoms with Crippen LogP contribution in [0.2, 0.25) is 5.15 Å². The molecular formula is C17H15ClN2O4. The molecule has 0 radical (unpaired) electrons. The van der Waals surface area contributed by atoms with Gasteiger partial charge in [0.15, 0.2) is 11.5 Å². The summed E-state index contributed by atoms with van der Waals surface area (Å²) in [7, 11) is 3.10. The van der Waals surface area contributed by atoms with E-state index >= 15 is 0 Å². The van der Waals surface area contributed by atoms with Gasteiger partial charge in [0.05, 0.1) is 12.7 Å². The van der Waals surface area contributed by atoms with E-state index in [9.17, 15) is 4.79 Å². The summed E-state index contributed by atoms with van der Waals surface area (Å²) in [5, 5.41) is 3.58. The Bertz CT molecular complexity index is 920. The lowest BCUT2D eigenvalue weighted by Crippen LogP contribution is -2.18. The minimum absolute atomic E-state index is 0.220. The van der Waals surface area contributed by atoms with E-state index in [0.717, 1.165) is 0 Å². The summed E-state index contributed by atoms with van der Waals surface area (Å²) >= 11 is 5.87. The maximum absolute atomic E-state index is 12.1. The van der Waals surface area contributed by atoms with Crippen LogP contribution in [0.5, 0.6) is 17.2 Å². The number of carbonyl (C=O) groups is 1. The van der Waals surface area contributed by atoms with Crippen LogP contribution in [0.25, 0.3) is 11.0 Å². The van der Waals surface area contributed by atoms with E-state index in [1.807, 2.05) is 0 Å². The van der Waals surface area contributed by atoms with Gasteiger partial charge < -0.3 is 19.2 Å². The Morgan fingerprint density at radius 3 is 2.75 bits per heavy atom. The Hall–Kier alpha value is -2.73. The molecule has 6 nitrogen and oxygen atoms in total. The number of methoxy groups -OCH3 is 1. The molecule has 2 heterocycles. The van der Waals surface area contributed by atoms with E-state index in [1.54, 1.807) is 44.4 Å². The number of furan rings is 1. The number of benzene rings is 1. The number of ether oxygens (including phenoxy) is 2. The lowest BCUT2D eigenvalue weighted by atomic mass is 10.1. The predicted octanol–water partition coefficient (Wildman–Crippen LogP) is 3.95. The van der Waals surface area contributed by atoms with E-state index in [-0.39, 0.29) is 5.91 Å². The quantitative estimate of drug-likeness (QED) is 0.724. The second-order valence-electron chi connectivity index (χ2n) is 5.03. The molecule has 24 heavy (non-hydrogen) atoms. The van der Waals surface area contributed by atoms with Gasteiger partial charge in [-0.1, -0.05) is 11.6 Å². The van der Waals surface area contributed by atoms with Crippen LogP contribution in [-0.2, 0) is 0 Å². The van der Waals surface area contributed by atoms with Gasteiger partial charge in [0.1, 0.15) is 22.2 Å². The van der Waals surface area contributed by atoms with Crippen molar-refractivity contribution in [1.29, 1.82) is 0 Å². The number of pyridine rings is 1. The van der Waals surface area contributed by atoms with E-state index in [1.165, 1.54) is 7.11 Å². The highest BCUT2D eigenvalue weighted by molar-refractivity contribution is 6.29. The van der Waals surface area contributed by atoms with Crippen LogP contribution in [0.4, 0.5) is 0 Å². The van der Waals surface area contributed by atoms with Crippen LogP contribution in [0.3, 0.4) is 0 Å². The molecule has 124 valence electrons. The smallest absolute Gasteiger partial charge is 0.255 e. The molecule has 1 N–H and O–H groups in total. The number of carbonyl (C=O) groups excluding carboxylic acids is 1. The number of hydrogen-bond donors (Lipinski definition) is 1. The van der Waals surface area contributed by atoms with Crippen molar-refractivity contribution < 1.29 is 18.7 Å². The Balaban J connectivity index is 2.11. The zero-order chi connectivity index (χ0) is 17.3. The molecule has 0 aliphatic rings. The average molecular weight is 347 g/mol. The third-order valence-electron chi connectivity index (χ3n) is 3.53. The van der Waals surface area contributed by atoms with E-state index in [2.05, 4.69) is 10.3 Å². The van der Waals surface area contributed by atoms with Crippen LogP contribution in [0, 0.1) is 6.92 Å². The first kappa shape index (κ1) is 16.1. The van der Waals surface area contributed by atoms with Gasteiger partial charge in [0.2, 0.25) is 0 Å². The number of nitrogens with zero attached hydrogens (tertiary/aromatic N) is 1. The molecule has 7 heteroatoms. The fourth-order valence-electron chi connectivity index (χ4n) is 2.45. The highest BCUT2D eigenvalue weighted by Gasteiger charge is 2.20. The molecule has 1 amide bonds. The largest absolute Gasteiger partial charge is 0.493 e. The van der Waals surface area contributed by atoms with Crippen molar-refractivity contribution in [2.24, 2.45) is 0 Å². The van der Waals surface area contributed by atoms with Gasteiger partial charge in [-0.25, -0.2) is 4.98 Å². The molecule has 0 saturated carbocycles. The Morgan fingerprint density at radius 2 is 2.08 bits per heavy atom. The molecule has 0 bridgehead atoms. The third kappa shape index (κ3) is 2.88. The first-order chi connectivity index (χ1) is 11.5. The van der Waals surface area contributed by atoms with Gasteiger partial charge in [-0.05, 0) is 19.1 Å². The monoisotopic (exact) mass is 346 g/mol. The van der Waals surface area contributed by atoms with Crippen molar-refractivity contribution in [3.05, 3.63) is 46.9 Å². The third-order valence-corrected chi connectivity index (χ3v) is 3.74. The lowest BCUT2D eigenvalue weighted by molar-refractivity contribution is 0.0963. The summed E-state index contributed by atoms with van der Waals surface area (Å²) < 4.78 is 16.9. The predicted molar refractivity (Wildman–Crippen MR) is 90.2 cm³/mol. The van der Waals surface area contributed by atoms with Crippen LogP contribution >= 0.6 is 11.6 Å². The lowest BCUT2D eigenvalue weighted by Gasteiger charge is -2.10. The van der Waals surface area contributed by atoms with Crippen molar-refractivity contribution in [1.82, 2.24) is 10.3 Å². The van der Waals surface area contributed by atoms with E-state index < -0.39 is 0 Å². The number of aromatic nitrogens is 1. The molecule has 0 aliphatic carbocycles. The standard InChI is InChI=1S/C17H15ClN2O4/c1-9-16(17(21)19-2)11-7-13(22-3)14(8-12(11)23-9)24-10-4-5-20-15(18)6-10/h4-8H,1-3H3,(H,19,21). The summed E-state index contributed by atoms with van der Waals surface area (Å²) in [5.74, 6) is 1.74. The van der Waals surface area contributed by atoms with Gasteiger partial charge in [0.25, 0.3) is 5.91 Å². The number of amides is 1. The summed E-state index contributed by atoms with van der Waals surface area (Å²) in [5.41, 5.74) is 1.01. The number of hydrogen-bond acceptors (Lipinski definition) is 5. The fraction of sp³-hybridized carbons (Fsp3) is 0.176. The number of aryl methyl sites for hydroxylation is 1. The molecule has 0 spiro atoms. The number of rotatable bonds is 4. The van der Waals surface area contributed by atoms with Crippen LogP contribution in [-0.4, -0.2) is 25.0 Å². The van der Waals surface area contributed by atoms with E-state index in [4.69, 9.17) is 25.5 Å². The second-order valence-corrected chi connectivity index (χ2v) is 5.42. The maximum Gasteiger partial charge on any atom is 0.255 e. The van der Waals surface area contributed by atoms with Gasteiger partial charge in [-0.3, -0.25) is 4.79 Å². The molecule has 0 atom stereocenters. The zero-order valence-electron chi connectivity index (χ0n) is 13.3. The van der Waals surface area contributed by atoms with Gasteiger partial charge >= 0.3 is 0 Å². The van der Waals surface area contributed by atoms with Gasteiger partial charge in [-0.15, -0.1) is 0 Å². The number of fused-ring (bicyclic) bond motifs is 1. The summed E-state index contributed by atoms with van der Waals surface area (Å²) in [6.07, 6.45) is 1.55. The molecule has 1 aromatic carbocycles. The van der Waals surface area contributed by atoms with Crippen LogP contribution in [0.15, 0.2) is 34.9 Å². The van der Waals surface area contributed by atoms with Gasteiger partial charge in [0, 0.05) is 30.8 Å². The fourth-order valence-corrected chi connectivity index (χ4v) is 2.61. The Kier molecular flexibility index (Phi) is 4.31.